The van der Waals surface area contributed by atoms with Gasteiger partial charge in [-0.15, -0.1) is 0 Å². The average molecular weight is 552 g/mol. The molecule has 1 spiro atoms. The van der Waals surface area contributed by atoms with Crippen LogP contribution < -0.4 is 15.2 Å². The number of hydrogen-bond donors (Lipinski definition) is 1. The summed E-state index contributed by atoms with van der Waals surface area (Å²) < 4.78 is 17.0. The molecule has 8 heteroatoms. The van der Waals surface area contributed by atoms with Crippen molar-refractivity contribution in [1.29, 1.82) is 0 Å². The molecular formula is C33H33N3O5. The number of benzene rings is 3. The molecular weight excluding hydrogens is 518 g/mol. The number of nitrogens with two attached hydrogens (primary N) is 1. The molecule has 0 bridgehead atoms. The predicted octanol–water partition coefficient (Wildman–Crippen LogP) is 5.21. The van der Waals surface area contributed by atoms with Crippen molar-refractivity contribution in [2.75, 3.05) is 27.3 Å². The van der Waals surface area contributed by atoms with Crippen LogP contribution in [0.5, 0.6) is 11.5 Å². The Morgan fingerprint density at radius 1 is 0.951 bits per heavy atom. The maximum absolute atomic E-state index is 13.9. The van der Waals surface area contributed by atoms with Crippen molar-refractivity contribution < 1.29 is 23.5 Å². The fraction of sp³-hybridized carbons (Fsp3) is 0.273. The minimum absolute atomic E-state index is 0.0280. The molecule has 6 rings (SSSR count). The second-order valence-electron chi connectivity index (χ2n) is 10.5. The fourth-order valence-corrected chi connectivity index (χ4v) is 6.14. The normalized spacial score (nSPS) is 15.7. The van der Waals surface area contributed by atoms with Gasteiger partial charge in [0.1, 0.15) is 17.3 Å². The molecule has 210 valence electrons. The van der Waals surface area contributed by atoms with E-state index >= 15 is 0 Å². The zero-order chi connectivity index (χ0) is 28.6. The Labute approximate surface area is 239 Å². The lowest BCUT2D eigenvalue weighted by atomic mass is 9.80. The van der Waals surface area contributed by atoms with Gasteiger partial charge in [0.15, 0.2) is 5.76 Å². The summed E-state index contributed by atoms with van der Waals surface area (Å²) in [5, 5.41) is 0. The van der Waals surface area contributed by atoms with Crippen LogP contribution in [0.1, 0.15) is 50.4 Å². The highest BCUT2D eigenvalue weighted by Crippen LogP contribution is 2.48. The summed E-state index contributed by atoms with van der Waals surface area (Å²) in [6.07, 6.45) is 1.19. The highest BCUT2D eigenvalue weighted by Gasteiger charge is 2.51. The molecule has 1 fully saturated rings. The van der Waals surface area contributed by atoms with Gasteiger partial charge in [-0.25, -0.2) is 0 Å². The summed E-state index contributed by atoms with van der Waals surface area (Å²) in [5.74, 6) is 2.14. The van der Waals surface area contributed by atoms with E-state index in [-0.39, 0.29) is 11.8 Å². The summed E-state index contributed by atoms with van der Waals surface area (Å²) >= 11 is 0. The zero-order valence-electron chi connectivity index (χ0n) is 23.3. The van der Waals surface area contributed by atoms with Gasteiger partial charge in [0, 0.05) is 42.4 Å². The molecule has 0 atom stereocenters. The molecule has 0 aliphatic carbocycles. The lowest BCUT2D eigenvalue weighted by Gasteiger charge is -2.45. The van der Waals surface area contributed by atoms with Gasteiger partial charge in [-0.05, 0) is 54.3 Å². The molecule has 41 heavy (non-hydrogen) atoms. The summed E-state index contributed by atoms with van der Waals surface area (Å²) in [7, 11) is 3.23. The Morgan fingerprint density at radius 2 is 1.73 bits per heavy atom. The first-order valence-electron chi connectivity index (χ1n) is 13.8. The van der Waals surface area contributed by atoms with E-state index in [9.17, 15) is 9.59 Å². The number of ether oxygens (including phenoxy) is 2. The lowest BCUT2D eigenvalue weighted by Crippen LogP contribution is -2.52. The van der Waals surface area contributed by atoms with Crippen molar-refractivity contribution in [3.05, 3.63) is 107 Å². The molecule has 2 aliphatic heterocycles. The smallest absolute Gasteiger partial charge is 0.289 e. The number of rotatable bonds is 7. The van der Waals surface area contributed by atoms with E-state index in [2.05, 4.69) is 6.07 Å². The van der Waals surface area contributed by atoms with E-state index in [1.54, 1.807) is 20.3 Å². The van der Waals surface area contributed by atoms with Crippen molar-refractivity contribution in [2.24, 2.45) is 5.73 Å². The summed E-state index contributed by atoms with van der Waals surface area (Å²) in [6, 6.07) is 24.8. The molecule has 3 aromatic carbocycles. The number of nitrogens with zero attached hydrogens (tertiary/aromatic N) is 2. The SMILES string of the molecule is COc1ccc(CN2C(=O)c3ccc(CN)cc3C23CCN(C(=O)c2ccc(-c4ccccc4)o2)CC3)c(OC)c1. The standard InChI is InChI=1S/C33H33N3O5/c1-39-25-10-9-24(30(19-25)40-2)21-36-31(37)26-11-8-22(20-34)18-27(26)33(36)14-16-35(17-15-33)32(38)29-13-12-28(41-29)23-6-4-3-5-7-23/h3-13,18-19H,14-17,20-21,34H2,1-2H3. The molecule has 1 aromatic heterocycles. The van der Waals surface area contributed by atoms with E-state index in [1.165, 1.54) is 0 Å². The number of hydrogen-bond acceptors (Lipinski definition) is 6. The van der Waals surface area contributed by atoms with E-state index in [0.29, 0.717) is 67.6 Å². The van der Waals surface area contributed by atoms with Crippen LogP contribution in [-0.4, -0.2) is 48.9 Å². The van der Waals surface area contributed by atoms with Gasteiger partial charge in [0.05, 0.1) is 26.3 Å². The molecule has 0 saturated carbocycles. The number of piperidine rings is 1. The molecule has 0 unspecified atom stereocenters. The molecule has 3 heterocycles. The van der Waals surface area contributed by atoms with Crippen LogP contribution in [0, 0.1) is 0 Å². The van der Waals surface area contributed by atoms with Crippen molar-refractivity contribution in [2.45, 2.75) is 31.5 Å². The number of likely N-dealkylation sites (tertiary alicyclic amines) is 1. The van der Waals surface area contributed by atoms with Crippen LogP contribution in [0.25, 0.3) is 11.3 Å². The third-order valence-electron chi connectivity index (χ3n) is 8.39. The second kappa shape index (κ2) is 10.8. The number of fused-ring (bicyclic) bond motifs is 2. The maximum Gasteiger partial charge on any atom is 0.289 e. The second-order valence-corrected chi connectivity index (χ2v) is 10.5. The Bertz CT molecular complexity index is 1590. The van der Waals surface area contributed by atoms with Gasteiger partial charge >= 0.3 is 0 Å². The first-order valence-corrected chi connectivity index (χ1v) is 13.8. The average Bonchev–Trinajstić information content (AvgIpc) is 3.60. The first-order chi connectivity index (χ1) is 20.0. The van der Waals surface area contributed by atoms with Gasteiger partial charge in [0.25, 0.3) is 11.8 Å². The van der Waals surface area contributed by atoms with Crippen molar-refractivity contribution in [3.8, 4) is 22.8 Å². The maximum atomic E-state index is 13.9. The third kappa shape index (κ3) is 4.64. The van der Waals surface area contributed by atoms with Crippen molar-refractivity contribution in [1.82, 2.24) is 9.80 Å². The molecule has 0 radical (unpaired) electrons. The van der Waals surface area contributed by atoms with Crippen molar-refractivity contribution >= 4 is 11.8 Å². The quantitative estimate of drug-likeness (QED) is 0.339. The molecule has 2 aliphatic rings. The third-order valence-corrected chi connectivity index (χ3v) is 8.39. The molecule has 2 amide bonds. The highest BCUT2D eigenvalue weighted by atomic mass is 16.5. The number of carbonyl (C=O) groups excluding carboxylic acids is 2. The monoisotopic (exact) mass is 551 g/mol. The van der Waals surface area contributed by atoms with Crippen LogP contribution in [0.3, 0.4) is 0 Å². The molecule has 2 N–H and O–H groups in total. The van der Waals surface area contributed by atoms with Crippen LogP contribution in [0.15, 0.2) is 83.3 Å². The number of furan rings is 1. The molecule has 1 saturated heterocycles. The largest absolute Gasteiger partial charge is 0.497 e. The van der Waals surface area contributed by atoms with E-state index in [1.807, 2.05) is 76.5 Å². The summed E-state index contributed by atoms with van der Waals surface area (Å²) in [6.45, 7) is 1.72. The Balaban J connectivity index is 1.29. The number of amides is 2. The van der Waals surface area contributed by atoms with Gasteiger partial charge < -0.3 is 29.4 Å². The van der Waals surface area contributed by atoms with Crippen LogP contribution in [-0.2, 0) is 18.6 Å². The van der Waals surface area contributed by atoms with Crippen LogP contribution in [0.4, 0.5) is 0 Å². The fourth-order valence-electron chi connectivity index (χ4n) is 6.14. The van der Waals surface area contributed by atoms with Gasteiger partial charge in [-0.1, -0.05) is 42.5 Å². The summed E-state index contributed by atoms with van der Waals surface area (Å²) in [4.78, 5) is 31.2. The van der Waals surface area contributed by atoms with Gasteiger partial charge in [-0.3, -0.25) is 9.59 Å². The van der Waals surface area contributed by atoms with E-state index < -0.39 is 5.54 Å². The van der Waals surface area contributed by atoms with E-state index in [0.717, 1.165) is 22.3 Å². The molecule has 8 nitrogen and oxygen atoms in total. The number of methoxy groups -OCH3 is 2. The van der Waals surface area contributed by atoms with Gasteiger partial charge in [-0.2, -0.15) is 0 Å². The highest BCUT2D eigenvalue weighted by molar-refractivity contribution is 6.00. The van der Waals surface area contributed by atoms with Crippen LogP contribution in [0.2, 0.25) is 0 Å². The zero-order valence-corrected chi connectivity index (χ0v) is 23.3. The van der Waals surface area contributed by atoms with Crippen molar-refractivity contribution in [3.63, 3.8) is 0 Å². The number of carbonyl (C=O) groups is 2. The first kappa shape index (κ1) is 26.7. The topological polar surface area (TPSA) is 98.2 Å². The van der Waals surface area contributed by atoms with Crippen LogP contribution >= 0.6 is 0 Å². The lowest BCUT2D eigenvalue weighted by molar-refractivity contribution is 0.0212. The Morgan fingerprint density at radius 3 is 2.44 bits per heavy atom. The summed E-state index contributed by atoms with van der Waals surface area (Å²) in [5.41, 5.74) is 9.88. The Kier molecular flexibility index (Phi) is 7.01. The van der Waals surface area contributed by atoms with E-state index in [4.69, 9.17) is 19.6 Å². The van der Waals surface area contributed by atoms with Gasteiger partial charge in [0.2, 0.25) is 0 Å². The minimum Gasteiger partial charge on any atom is -0.497 e. The minimum atomic E-state index is -0.572. The molecule has 4 aromatic rings. The Hall–Kier alpha value is -4.56. The predicted molar refractivity (Wildman–Crippen MR) is 155 cm³/mol.